The summed E-state index contributed by atoms with van der Waals surface area (Å²) in [6.07, 6.45) is 3.29. The molecule has 1 aliphatic rings. The summed E-state index contributed by atoms with van der Waals surface area (Å²) in [5.41, 5.74) is 5.05. The van der Waals surface area contributed by atoms with Crippen LogP contribution in [0.3, 0.4) is 0 Å². The minimum absolute atomic E-state index is 0.145. The van der Waals surface area contributed by atoms with Gasteiger partial charge in [-0.15, -0.1) is 0 Å². The minimum Gasteiger partial charge on any atom is -0.496 e. The van der Waals surface area contributed by atoms with Gasteiger partial charge in [0.25, 0.3) is 0 Å². The molecule has 6 heteroatoms. The standard InChI is InChI=1S/C24H32O6/c1-8-9-15-13-17(26-3)20-16(25-2)11-10-14-12-18(27-4)23(29-6)24(30-7)19(14)21(20)22(15)28-5/h12-13,16H,8-11H2,1-7H3. The van der Waals surface area contributed by atoms with Crippen LogP contribution in [0.1, 0.15) is 42.6 Å². The second-order valence-electron chi connectivity index (χ2n) is 7.25. The second-order valence-corrected chi connectivity index (χ2v) is 7.25. The summed E-state index contributed by atoms with van der Waals surface area (Å²) >= 11 is 0. The topological polar surface area (TPSA) is 55.4 Å². The number of rotatable bonds is 8. The van der Waals surface area contributed by atoms with Crippen molar-refractivity contribution in [2.75, 3.05) is 42.7 Å². The number of fused-ring (bicyclic) bond motifs is 3. The molecule has 0 heterocycles. The Balaban J connectivity index is 2.52. The molecule has 0 saturated heterocycles. The first-order chi connectivity index (χ1) is 14.6. The summed E-state index contributed by atoms with van der Waals surface area (Å²) in [7, 11) is 10.0. The Morgan fingerprint density at radius 3 is 1.97 bits per heavy atom. The molecule has 0 saturated carbocycles. The van der Waals surface area contributed by atoms with E-state index in [1.165, 1.54) is 0 Å². The Kier molecular flexibility index (Phi) is 6.98. The maximum atomic E-state index is 5.99. The van der Waals surface area contributed by atoms with Crippen LogP contribution in [0.2, 0.25) is 0 Å². The van der Waals surface area contributed by atoms with Crippen LogP contribution in [0, 0.1) is 0 Å². The molecule has 164 valence electrons. The average Bonchev–Trinajstić information content (AvgIpc) is 2.94. The van der Waals surface area contributed by atoms with Crippen molar-refractivity contribution in [3.63, 3.8) is 0 Å². The lowest BCUT2D eigenvalue weighted by Gasteiger charge is -2.25. The fourth-order valence-electron chi connectivity index (χ4n) is 4.48. The van der Waals surface area contributed by atoms with E-state index in [1.54, 1.807) is 42.7 Å². The van der Waals surface area contributed by atoms with E-state index in [-0.39, 0.29) is 6.10 Å². The molecule has 6 nitrogen and oxygen atoms in total. The Hall–Kier alpha value is -2.60. The van der Waals surface area contributed by atoms with Gasteiger partial charge >= 0.3 is 0 Å². The summed E-state index contributed by atoms with van der Waals surface area (Å²) < 4.78 is 34.9. The van der Waals surface area contributed by atoms with E-state index >= 15 is 0 Å². The molecule has 1 atom stereocenters. The Morgan fingerprint density at radius 2 is 1.43 bits per heavy atom. The van der Waals surface area contributed by atoms with Gasteiger partial charge in [0.2, 0.25) is 5.75 Å². The van der Waals surface area contributed by atoms with Crippen LogP contribution in [-0.4, -0.2) is 42.7 Å². The summed E-state index contributed by atoms with van der Waals surface area (Å²) in [5.74, 6) is 3.44. The van der Waals surface area contributed by atoms with Crippen LogP contribution in [0.15, 0.2) is 12.1 Å². The Morgan fingerprint density at radius 1 is 0.767 bits per heavy atom. The largest absolute Gasteiger partial charge is 0.496 e. The molecular weight excluding hydrogens is 384 g/mol. The highest BCUT2D eigenvalue weighted by atomic mass is 16.5. The van der Waals surface area contributed by atoms with Crippen molar-refractivity contribution >= 4 is 0 Å². The first-order valence-electron chi connectivity index (χ1n) is 10.2. The lowest BCUT2D eigenvalue weighted by Crippen LogP contribution is -2.08. The highest BCUT2D eigenvalue weighted by molar-refractivity contribution is 5.88. The lowest BCUT2D eigenvalue weighted by molar-refractivity contribution is 0.0945. The van der Waals surface area contributed by atoms with Crippen molar-refractivity contribution in [3.05, 3.63) is 28.8 Å². The number of methoxy groups -OCH3 is 6. The summed E-state index contributed by atoms with van der Waals surface area (Å²) in [6, 6.07) is 4.10. The SMILES string of the molecule is CCCc1cc(OC)c2c(c1OC)-c1c(cc(OC)c(OC)c1OC)CCC2OC. The van der Waals surface area contributed by atoms with Crippen LogP contribution >= 0.6 is 0 Å². The zero-order chi connectivity index (χ0) is 21.8. The van der Waals surface area contributed by atoms with Gasteiger partial charge in [0.1, 0.15) is 11.5 Å². The molecule has 0 radical (unpaired) electrons. The van der Waals surface area contributed by atoms with E-state index in [2.05, 4.69) is 13.0 Å². The van der Waals surface area contributed by atoms with Crippen LogP contribution in [-0.2, 0) is 17.6 Å². The zero-order valence-corrected chi connectivity index (χ0v) is 19.0. The first-order valence-corrected chi connectivity index (χ1v) is 10.2. The van der Waals surface area contributed by atoms with E-state index < -0.39 is 0 Å². The van der Waals surface area contributed by atoms with Crippen molar-refractivity contribution in [2.45, 2.75) is 38.7 Å². The third-order valence-corrected chi connectivity index (χ3v) is 5.75. The molecule has 3 rings (SSSR count). The molecule has 0 aliphatic heterocycles. The lowest BCUT2D eigenvalue weighted by atomic mass is 9.89. The molecule has 1 unspecified atom stereocenters. The van der Waals surface area contributed by atoms with E-state index in [0.717, 1.165) is 65.0 Å². The van der Waals surface area contributed by atoms with Gasteiger partial charge in [-0.1, -0.05) is 13.3 Å². The summed E-state index contributed by atoms with van der Waals surface area (Å²) in [6.45, 7) is 2.15. The van der Waals surface area contributed by atoms with Gasteiger partial charge in [-0.25, -0.2) is 0 Å². The number of aryl methyl sites for hydroxylation is 2. The van der Waals surface area contributed by atoms with Gasteiger partial charge in [-0.3, -0.25) is 0 Å². The minimum atomic E-state index is -0.145. The predicted octanol–water partition coefficient (Wildman–Crippen LogP) is 4.98. The zero-order valence-electron chi connectivity index (χ0n) is 19.0. The molecule has 2 aromatic rings. The number of benzene rings is 2. The van der Waals surface area contributed by atoms with Crippen LogP contribution in [0.4, 0.5) is 0 Å². The van der Waals surface area contributed by atoms with Gasteiger partial charge in [0.15, 0.2) is 11.5 Å². The van der Waals surface area contributed by atoms with E-state index in [9.17, 15) is 0 Å². The molecule has 0 aromatic heterocycles. The molecule has 0 fully saturated rings. The molecule has 0 amide bonds. The first kappa shape index (κ1) is 22.1. The number of hydrogen-bond acceptors (Lipinski definition) is 6. The molecule has 2 aromatic carbocycles. The van der Waals surface area contributed by atoms with Crippen LogP contribution in [0.5, 0.6) is 28.7 Å². The molecule has 0 N–H and O–H groups in total. The van der Waals surface area contributed by atoms with Gasteiger partial charge in [0.05, 0.1) is 41.7 Å². The number of hydrogen-bond donors (Lipinski definition) is 0. The van der Waals surface area contributed by atoms with Crippen molar-refractivity contribution in [1.82, 2.24) is 0 Å². The Bertz CT molecular complexity index is 906. The summed E-state index contributed by atoms with van der Waals surface area (Å²) in [4.78, 5) is 0. The van der Waals surface area contributed by atoms with Gasteiger partial charge < -0.3 is 28.4 Å². The van der Waals surface area contributed by atoms with E-state index in [1.807, 2.05) is 6.07 Å². The predicted molar refractivity (Wildman–Crippen MR) is 117 cm³/mol. The van der Waals surface area contributed by atoms with E-state index in [0.29, 0.717) is 17.2 Å². The molecule has 0 bridgehead atoms. The highest BCUT2D eigenvalue weighted by Crippen LogP contribution is 2.56. The number of ether oxygens (including phenoxy) is 6. The van der Waals surface area contributed by atoms with Crippen LogP contribution in [0.25, 0.3) is 11.1 Å². The highest BCUT2D eigenvalue weighted by Gasteiger charge is 2.34. The molecule has 1 aliphatic carbocycles. The fourth-order valence-corrected chi connectivity index (χ4v) is 4.48. The van der Waals surface area contributed by atoms with Crippen LogP contribution < -0.4 is 23.7 Å². The van der Waals surface area contributed by atoms with Crippen molar-refractivity contribution in [2.24, 2.45) is 0 Å². The van der Waals surface area contributed by atoms with Gasteiger partial charge in [-0.2, -0.15) is 0 Å². The molecular formula is C24H32O6. The maximum Gasteiger partial charge on any atom is 0.203 e. The van der Waals surface area contributed by atoms with Crippen molar-refractivity contribution < 1.29 is 28.4 Å². The Labute approximate surface area is 179 Å². The second kappa shape index (κ2) is 9.47. The van der Waals surface area contributed by atoms with Crippen molar-refractivity contribution in [3.8, 4) is 39.9 Å². The molecule has 0 spiro atoms. The third kappa shape index (κ3) is 3.54. The monoisotopic (exact) mass is 416 g/mol. The fraction of sp³-hybridized carbons (Fsp3) is 0.500. The van der Waals surface area contributed by atoms with Crippen molar-refractivity contribution in [1.29, 1.82) is 0 Å². The normalized spacial score (nSPS) is 15.0. The average molecular weight is 417 g/mol. The van der Waals surface area contributed by atoms with Gasteiger partial charge in [0, 0.05) is 23.8 Å². The quantitative estimate of drug-likeness (QED) is 0.605. The molecule has 30 heavy (non-hydrogen) atoms. The van der Waals surface area contributed by atoms with Gasteiger partial charge in [-0.05, 0) is 42.5 Å². The van der Waals surface area contributed by atoms with E-state index in [4.69, 9.17) is 28.4 Å². The third-order valence-electron chi connectivity index (χ3n) is 5.75. The smallest absolute Gasteiger partial charge is 0.203 e. The summed E-state index contributed by atoms with van der Waals surface area (Å²) in [5, 5.41) is 0. The maximum absolute atomic E-state index is 5.99.